The number of carbonyl (C=O) groups is 1. The third-order valence-electron chi connectivity index (χ3n) is 6.73. The molecule has 0 radical (unpaired) electrons. The van der Waals surface area contributed by atoms with Crippen molar-refractivity contribution < 1.29 is 23.0 Å². The zero-order chi connectivity index (χ0) is 20.4. The Hall–Kier alpha value is -1.73. The zero-order valence-corrected chi connectivity index (χ0v) is 17.0. The van der Waals surface area contributed by atoms with Crippen LogP contribution >= 0.6 is 0 Å². The second-order valence-corrected chi connectivity index (χ2v) is 8.62. The van der Waals surface area contributed by atoms with E-state index < -0.39 is 11.6 Å². The average molecular weight is 408 g/mol. The van der Waals surface area contributed by atoms with Crippen molar-refractivity contribution in [3.8, 4) is 5.75 Å². The number of hydrogen-bond donors (Lipinski definition) is 1. The van der Waals surface area contributed by atoms with Crippen molar-refractivity contribution in [1.29, 1.82) is 0 Å². The predicted molar refractivity (Wildman–Crippen MR) is 105 cm³/mol. The Morgan fingerprint density at radius 1 is 1.24 bits per heavy atom. The normalized spacial score (nSPS) is 24.8. The number of carbonyl (C=O) groups excluding carboxylic acids is 1. The number of nitrogens with zero attached hydrogens (tertiary/aromatic N) is 1. The summed E-state index contributed by atoms with van der Waals surface area (Å²) in [6, 6.07) is 2.37. The minimum atomic E-state index is -0.731. The highest BCUT2D eigenvalue weighted by Gasteiger charge is 2.42. The fourth-order valence-corrected chi connectivity index (χ4v) is 4.54. The summed E-state index contributed by atoms with van der Waals surface area (Å²) in [5.41, 5.74) is -0.206. The van der Waals surface area contributed by atoms with Gasteiger partial charge in [0.05, 0.1) is 32.3 Å². The lowest BCUT2D eigenvalue weighted by Crippen LogP contribution is -2.50. The molecule has 2 heterocycles. The van der Waals surface area contributed by atoms with Crippen molar-refractivity contribution in [3.05, 3.63) is 29.3 Å². The first-order valence-corrected chi connectivity index (χ1v) is 10.7. The number of benzene rings is 1. The molecule has 7 heteroatoms. The molecule has 2 unspecified atom stereocenters. The van der Waals surface area contributed by atoms with Gasteiger partial charge in [0.2, 0.25) is 5.91 Å². The van der Waals surface area contributed by atoms with Gasteiger partial charge in [-0.25, -0.2) is 8.78 Å². The molecule has 3 aliphatic rings. The lowest BCUT2D eigenvalue weighted by atomic mass is 9.91. The summed E-state index contributed by atoms with van der Waals surface area (Å²) in [4.78, 5) is 13.8. The van der Waals surface area contributed by atoms with Gasteiger partial charge in [0.1, 0.15) is 17.4 Å². The van der Waals surface area contributed by atoms with E-state index in [0.29, 0.717) is 25.7 Å². The van der Waals surface area contributed by atoms with Gasteiger partial charge in [0.15, 0.2) is 0 Å². The van der Waals surface area contributed by atoms with Crippen molar-refractivity contribution in [2.24, 2.45) is 17.8 Å². The molecule has 1 aromatic carbocycles. The Kier molecular flexibility index (Phi) is 6.35. The van der Waals surface area contributed by atoms with Crippen LogP contribution in [-0.2, 0) is 16.0 Å². The summed E-state index contributed by atoms with van der Waals surface area (Å²) >= 11 is 0. The quantitative estimate of drug-likeness (QED) is 0.719. The van der Waals surface area contributed by atoms with E-state index in [-0.39, 0.29) is 29.7 Å². The largest absolute Gasteiger partial charge is 0.493 e. The fraction of sp³-hybridized carbons (Fsp3) is 0.682. The van der Waals surface area contributed by atoms with Crippen LogP contribution in [0.5, 0.6) is 5.75 Å². The summed E-state index contributed by atoms with van der Waals surface area (Å²) in [6.45, 7) is 3.64. The molecular formula is C22H30F2N2O3. The van der Waals surface area contributed by atoms with Crippen LogP contribution < -0.4 is 10.1 Å². The van der Waals surface area contributed by atoms with Crippen LogP contribution in [-0.4, -0.2) is 56.8 Å². The van der Waals surface area contributed by atoms with Crippen LogP contribution in [0.4, 0.5) is 8.78 Å². The predicted octanol–water partition coefficient (Wildman–Crippen LogP) is 2.77. The van der Waals surface area contributed by atoms with E-state index in [1.165, 1.54) is 36.3 Å². The number of ether oxygens (including phenoxy) is 2. The van der Waals surface area contributed by atoms with Crippen molar-refractivity contribution in [3.63, 3.8) is 0 Å². The molecule has 1 amide bonds. The topological polar surface area (TPSA) is 50.8 Å². The summed E-state index contributed by atoms with van der Waals surface area (Å²) in [7, 11) is 1.64. The highest BCUT2D eigenvalue weighted by atomic mass is 19.1. The molecule has 1 N–H and O–H groups in total. The molecule has 0 aromatic heterocycles. The van der Waals surface area contributed by atoms with E-state index >= 15 is 0 Å². The standard InChI is InChI=1S/C22H30F2N2O3/c1-26(16-12-28-13-16)22(27)11-19-20(23)9-17(10-21(19)24)29-7-4-15-8-18(15)14-2-5-25-6-3-14/h9-10,14-16,18,25H,2-8,11-13H2,1H3. The Balaban J connectivity index is 1.25. The molecule has 5 nitrogen and oxygen atoms in total. The van der Waals surface area contributed by atoms with Gasteiger partial charge in [0, 0.05) is 24.7 Å². The van der Waals surface area contributed by atoms with E-state index in [0.717, 1.165) is 31.3 Å². The van der Waals surface area contributed by atoms with Crippen LogP contribution in [0.1, 0.15) is 31.2 Å². The van der Waals surface area contributed by atoms with Gasteiger partial charge in [-0.15, -0.1) is 0 Å². The summed E-state index contributed by atoms with van der Waals surface area (Å²) in [6.07, 6.45) is 4.37. The maximum Gasteiger partial charge on any atom is 0.227 e. The molecule has 160 valence electrons. The first kappa shape index (κ1) is 20.5. The molecule has 0 bridgehead atoms. The highest BCUT2D eigenvalue weighted by Crippen LogP contribution is 2.49. The molecule has 1 saturated carbocycles. The summed E-state index contributed by atoms with van der Waals surface area (Å²) in [5.74, 6) is 0.698. The van der Waals surface area contributed by atoms with Gasteiger partial charge >= 0.3 is 0 Å². The van der Waals surface area contributed by atoms with Gasteiger partial charge in [-0.2, -0.15) is 0 Å². The third kappa shape index (κ3) is 4.89. The maximum atomic E-state index is 14.4. The van der Waals surface area contributed by atoms with Crippen LogP contribution in [0.2, 0.25) is 0 Å². The third-order valence-corrected chi connectivity index (χ3v) is 6.73. The van der Waals surface area contributed by atoms with Gasteiger partial charge in [0.25, 0.3) is 0 Å². The summed E-state index contributed by atoms with van der Waals surface area (Å²) in [5, 5.41) is 3.40. The number of rotatable bonds is 8. The van der Waals surface area contributed by atoms with Crippen LogP contribution in [0.25, 0.3) is 0 Å². The fourth-order valence-electron chi connectivity index (χ4n) is 4.54. The Morgan fingerprint density at radius 2 is 1.93 bits per heavy atom. The SMILES string of the molecule is CN(C(=O)Cc1c(F)cc(OCCC2CC2C2CCNCC2)cc1F)C1COC1. The van der Waals surface area contributed by atoms with Crippen LogP contribution in [0, 0.1) is 29.4 Å². The number of piperidine rings is 1. The number of nitrogens with one attached hydrogen (secondary N) is 1. The van der Waals surface area contributed by atoms with E-state index in [1.807, 2.05) is 0 Å². The first-order chi connectivity index (χ1) is 14.0. The van der Waals surface area contributed by atoms with Gasteiger partial charge in [-0.05, 0) is 56.5 Å². The smallest absolute Gasteiger partial charge is 0.227 e. The second kappa shape index (κ2) is 8.96. The lowest BCUT2D eigenvalue weighted by molar-refractivity contribution is -0.141. The first-order valence-electron chi connectivity index (χ1n) is 10.7. The molecule has 1 aliphatic carbocycles. The van der Waals surface area contributed by atoms with E-state index in [9.17, 15) is 13.6 Å². The van der Waals surface area contributed by atoms with Crippen molar-refractivity contribution in [1.82, 2.24) is 10.2 Å². The minimum absolute atomic E-state index is 0.00708. The van der Waals surface area contributed by atoms with Gasteiger partial charge < -0.3 is 19.7 Å². The Morgan fingerprint density at radius 3 is 2.55 bits per heavy atom. The molecule has 4 rings (SSSR count). The monoisotopic (exact) mass is 408 g/mol. The van der Waals surface area contributed by atoms with Gasteiger partial charge in [-0.1, -0.05) is 0 Å². The van der Waals surface area contributed by atoms with E-state index in [4.69, 9.17) is 9.47 Å². The molecule has 3 fully saturated rings. The number of halogens is 2. The Labute approximate surface area is 170 Å². The molecule has 2 atom stereocenters. The minimum Gasteiger partial charge on any atom is -0.493 e. The van der Waals surface area contributed by atoms with E-state index in [1.54, 1.807) is 7.05 Å². The van der Waals surface area contributed by atoms with Crippen molar-refractivity contribution in [2.75, 3.05) is 40.0 Å². The maximum absolute atomic E-state index is 14.4. The molecule has 0 spiro atoms. The second-order valence-electron chi connectivity index (χ2n) is 8.62. The molecular weight excluding hydrogens is 378 g/mol. The molecule has 2 saturated heterocycles. The van der Waals surface area contributed by atoms with Crippen LogP contribution in [0.15, 0.2) is 12.1 Å². The van der Waals surface area contributed by atoms with E-state index in [2.05, 4.69) is 5.32 Å². The van der Waals surface area contributed by atoms with Crippen LogP contribution in [0.3, 0.4) is 0 Å². The molecule has 29 heavy (non-hydrogen) atoms. The molecule has 1 aromatic rings. The number of likely N-dealkylation sites (N-methyl/N-ethyl adjacent to an activating group) is 1. The van der Waals surface area contributed by atoms with Crippen molar-refractivity contribution >= 4 is 5.91 Å². The van der Waals surface area contributed by atoms with Gasteiger partial charge in [-0.3, -0.25) is 4.79 Å². The average Bonchev–Trinajstić information content (AvgIpc) is 3.43. The lowest BCUT2D eigenvalue weighted by Gasteiger charge is -2.34. The van der Waals surface area contributed by atoms with Crippen molar-refractivity contribution in [2.45, 2.75) is 38.1 Å². The number of amides is 1. The highest BCUT2D eigenvalue weighted by molar-refractivity contribution is 5.79. The Bertz CT molecular complexity index is 712. The molecule has 2 aliphatic heterocycles. The number of hydrogen-bond acceptors (Lipinski definition) is 4. The summed E-state index contributed by atoms with van der Waals surface area (Å²) < 4.78 is 39.5. The zero-order valence-electron chi connectivity index (χ0n) is 17.0.